The highest BCUT2D eigenvalue weighted by Gasteiger charge is 2.19. The lowest BCUT2D eigenvalue weighted by Gasteiger charge is -2.20. The van der Waals surface area contributed by atoms with E-state index in [1.165, 1.54) is 16.9 Å². The van der Waals surface area contributed by atoms with E-state index in [-0.39, 0.29) is 40.2 Å². The summed E-state index contributed by atoms with van der Waals surface area (Å²) in [7, 11) is -3.44. The lowest BCUT2D eigenvalue weighted by Crippen LogP contribution is -2.30. The molecule has 2 aromatic carbocycles. The predicted molar refractivity (Wildman–Crippen MR) is 185 cm³/mol. The summed E-state index contributed by atoms with van der Waals surface area (Å²) in [5.74, 6) is -0.160. The number of ether oxygens (including phenoxy) is 1. The molecule has 2 aromatic heterocycles. The van der Waals surface area contributed by atoms with Gasteiger partial charge >= 0.3 is 5.97 Å². The molecule has 10 heteroatoms. The van der Waals surface area contributed by atoms with Gasteiger partial charge in [-0.05, 0) is 78.1 Å². The number of rotatable bonds is 7. The fraction of sp³-hybridized carbons (Fsp3) is 0.389. The Morgan fingerprint density at radius 1 is 0.826 bits per heavy atom. The number of aryl methyl sites for hydroxylation is 1. The second-order valence-corrected chi connectivity index (χ2v) is 14.3. The molecule has 0 saturated heterocycles. The first kappa shape index (κ1) is 38.0. The average Bonchev–Trinajstić information content (AvgIpc) is 2.97. The van der Waals surface area contributed by atoms with Gasteiger partial charge in [0.2, 0.25) is 0 Å². The number of nitrogens with one attached hydrogen (secondary N) is 1. The van der Waals surface area contributed by atoms with Crippen LogP contribution in [0.5, 0.6) is 0 Å². The van der Waals surface area contributed by atoms with Crippen molar-refractivity contribution in [1.82, 2.24) is 19.5 Å². The maximum absolute atomic E-state index is 12.9. The second-order valence-electron chi connectivity index (χ2n) is 12.6. The minimum Gasteiger partial charge on any atom is -0.460 e. The molecule has 4 rings (SSSR count). The molecule has 0 radical (unpaired) electrons. The van der Waals surface area contributed by atoms with Crippen LogP contribution in [0, 0.1) is 12.8 Å². The third kappa shape index (κ3) is 12.0. The SMILES string of the molecule is CC(C)C(=O)OC(C)(C)C.CC(C)n1ncc(-c2ccccc2)c(-c2ccccc2)c1=O.Cc1ccc(S(=O)(=O)NC(C)C)nc1. The molecule has 248 valence electrons. The van der Waals surface area contributed by atoms with Crippen LogP contribution in [-0.2, 0) is 19.6 Å². The zero-order valence-corrected chi connectivity index (χ0v) is 29.4. The van der Waals surface area contributed by atoms with Crippen molar-refractivity contribution in [2.45, 2.75) is 91.9 Å². The summed E-state index contributed by atoms with van der Waals surface area (Å²) in [6, 6.07) is 22.8. The fourth-order valence-electron chi connectivity index (χ4n) is 3.96. The van der Waals surface area contributed by atoms with Crippen molar-refractivity contribution in [1.29, 1.82) is 0 Å². The van der Waals surface area contributed by atoms with Gasteiger partial charge in [-0.25, -0.2) is 22.8 Å². The Bertz CT molecular complexity index is 1690. The van der Waals surface area contributed by atoms with Crippen molar-refractivity contribution in [2.75, 3.05) is 0 Å². The molecule has 0 bridgehead atoms. The molecule has 9 nitrogen and oxygen atoms in total. The standard InChI is InChI=1S/C19H18N2O.C9H14N2O2S.C8H16O2/c1-14(2)21-19(22)18(16-11-7-4-8-12-16)17(13-20-21)15-9-5-3-6-10-15;1-7(2)11-14(12,13)9-5-4-8(3)6-10-9;1-6(2)7(9)10-8(3,4)5/h3-14H,1-2H3;4-7,11H,1-3H3;6H,1-5H3. The van der Waals surface area contributed by atoms with Crippen molar-refractivity contribution >= 4 is 16.0 Å². The van der Waals surface area contributed by atoms with E-state index in [9.17, 15) is 18.0 Å². The molecular weight excluding hydrogens is 600 g/mol. The van der Waals surface area contributed by atoms with Crippen LogP contribution in [0.3, 0.4) is 0 Å². The van der Waals surface area contributed by atoms with Crippen molar-refractivity contribution in [3.05, 3.63) is 101 Å². The van der Waals surface area contributed by atoms with Gasteiger partial charge in [0.05, 0.1) is 23.7 Å². The molecule has 0 atom stereocenters. The average molecular weight is 649 g/mol. The maximum atomic E-state index is 12.9. The van der Waals surface area contributed by atoms with E-state index in [4.69, 9.17) is 4.74 Å². The Balaban J connectivity index is 0.000000264. The van der Waals surface area contributed by atoms with E-state index in [1.54, 1.807) is 26.1 Å². The largest absolute Gasteiger partial charge is 0.460 e. The molecule has 0 unspecified atom stereocenters. The Hall–Kier alpha value is -4.15. The van der Waals surface area contributed by atoms with E-state index >= 15 is 0 Å². The zero-order chi connectivity index (χ0) is 34.7. The number of hydrogen-bond acceptors (Lipinski definition) is 7. The summed E-state index contributed by atoms with van der Waals surface area (Å²) >= 11 is 0. The molecule has 0 amide bonds. The third-order valence-corrected chi connectivity index (χ3v) is 7.64. The Labute approximate surface area is 274 Å². The number of pyridine rings is 1. The van der Waals surface area contributed by atoms with Gasteiger partial charge < -0.3 is 4.74 Å². The van der Waals surface area contributed by atoms with Crippen LogP contribution >= 0.6 is 0 Å². The third-order valence-electron chi connectivity index (χ3n) is 6.07. The van der Waals surface area contributed by atoms with Gasteiger partial charge in [0.15, 0.2) is 5.03 Å². The summed E-state index contributed by atoms with van der Waals surface area (Å²) in [5, 5.41) is 4.41. The number of hydrogen-bond donors (Lipinski definition) is 1. The highest BCUT2D eigenvalue weighted by Crippen LogP contribution is 2.28. The summed E-state index contributed by atoms with van der Waals surface area (Å²) < 4.78 is 32.2. The van der Waals surface area contributed by atoms with Gasteiger partial charge in [-0.1, -0.05) is 80.6 Å². The van der Waals surface area contributed by atoms with Gasteiger partial charge in [-0.2, -0.15) is 5.10 Å². The highest BCUT2D eigenvalue weighted by atomic mass is 32.2. The van der Waals surface area contributed by atoms with Crippen LogP contribution in [0.4, 0.5) is 0 Å². The minimum atomic E-state index is -3.44. The number of esters is 1. The fourth-order valence-corrected chi connectivity index (χ4v) is 5.14. The lowest BCUT2D eigenvalue weighted by molar-refractivity contribution is -0.158. The summed E-state index contributed by atoms with van der Waals surface area (Å²) in [6.45, 7) is 18.6. The van der Waals surface area contributed by atoms with Crippen LogP contribution in [0.15, 0.2) is 95.0 Å². The first-order valence-corrected chi connectivity index (χ1v) is 16.8. The van der Waals surface area contributed by atoms with Gasteiger partial charge in [0.25, 0.3) is 15.6 Å². The molecular formula is C36H48N4O5S. The van der Waals surface area contributed by atoms with Crippen LogP contribution in [0.1, 0.15) is 73.9 Å². The van der Waals surface area contributed by atoms with Gasteiger partial charge in [-0.3, -0.25) is 9.59 Å². The predicted octanol–water partition coefficient (Wildman–Crippen LogP) is 7.22. The van der Waals surface area contributed by atoms with Gasteiger partial charge in [0, 0.05) is 17.8 Å². The van der Waals surface area contributed by atoms with Crippen LogP contribution < -0.4 is 10.3 Å². The zero-order valence-electron chi connectivity index (χ0n) is 28.6. The highest BCUT2D eigenvalue weighted by molar-refractivity contribution is 7.89. The molecule has 46 heavy (non-hydrogen) atoms. The molecule has 0 aliphatic rings. The molecule has 0 saturated carbocycles. The van der Waals surface area contributed by atoms with Crippen molar-refractivity contribution < 1.29 is 17.9 Å². The molecule has 0 fully saturated rings. The van der Waals surface area contributed by atoms with E-state index in [0.717, 1.165) is 22.3 Å². The molecule has 0 aliphatic carbocycles. The Morgan fingerprint density at radius 2 is 1.37 bits per heavy atom. The van der Waals surface area contributed by atoms with E-state index in [2.05, 4.69) is 14.8 Å². The first-order chi connectivity index (χ1) is 21.4. The van der Waals surface area contributed by atoms with Gasteiger partial charge in [0.1, 0.15) is 5.60 Å². The minimum absolute atomic E-state index is 0.0276. The number of aromatic nitrogens is 3. The Kier molecular flexibility index (Phi) is 14.0. The normalized spacial score (nSPS) is 11.4. The van der Waals surface area contributed by atoms with E-state index in [0.29, 0.717) is 5.56 Å². The maximum Gasteiger partial charge on any atom is 0.308 e. The quantitative estimate of drug-likeness (QED) is 0.210. The van der Waals surface area contributed by atoms with Crippen molar-refractivity contribution in [2.24, 2.45) is 5.92 Å². The second kappa shape index (κ2) is 17.0. The summed E-state index contributed by atoms with van der Waals surface area (Å²) in [6.07, 6.45) is 3.33. The molecule has 2 heterocycles. The number of carbonyl (C=O) groups is 1. The van der Waals surface area contributed by atoms with Crippen molar-refractivity contribution in [3.63, 3.8) is 0 Å². The number of nitrogens with zero attached hydrogens (tertiary/aromatic N) is 3. The van der Waals surface area contributed by atoms with Crippen LogP contribution in [-0.4, -0.2) is 40.8 Å². The number of sulfonamides is 1. The smallest absolute Gasteiger partial charge is 0.308 e. The summed E-state index contributed by atoms with van der Waals surface area (Å²) in [4.78, 5) is 27.7. The Morgan fingerprint density at radius 3 is 1.78 bits per heavy atom. The monoisotopic (exact) mass is 648 g/mol. The van der Waals surface area contributed by atoms with Crippen LogP contribution in [0.25, 0.3) is 22.3 Å². The van der Waals surface area contributed by atoms with E-state index < -0.39 is 10.0 Å². The molecule has 1 N–H and O–H groups in total. The topological polar surface area (TPSA) is 120 Å². The van der Waals surface area contributed by atoms with E-state index in [1.807, 2.05) is 116 Å². The molecule has 4 aromatic rings. The number of carbonyl (C=O) groups excluding carboxylic acids is 1. The summed E-state index contributed by atoms with van der Waals surface area (Å²) in [5.41, 5.74) is 4.03. The molecule has 0 spiro atoms. The van der Waals surface area contributed by atoms with Crippen molar-refractivity contribution in [3.8, 4) is 22.3 Å². The first-order valence-electron chi connectivity index (χ1n) is 15.3. The van der Waals surface area contributed by atoms with Gasteiger partial charge in [-0.15, -0.1) is 0 Å². The number of benzene rings is 2. The van der Waals surface area contributed by atoms with Crippen LogP contribution in [0.2, 0.25) is 0 Å². The lowest BCUT2D eigenvalue weighted by atomic mass is 9.97. The molecule has 0 aliphatic heterocycles.